The van der Waals surface area contributed by atoms with Crippen molar-refractivity contribution in [3.05, 3.63) is 87.7 Å². The summed E-state index contributed by atoms with van der Waals surface area (Å²) in [6.07, 6.45) is 1.28. The van der Waals surface area contributed by atoms with Gasteiger partial charge in [-0.25, -0.2) is 17.8 Å². The number of fused-ring (bicyclic) bond motifs is 1. The maximum atomic E-state index is 14.1. The molecular weight excluding hydrogens is 492 g/mol. The van der Waals surface area contributed by atoms with Crippen LogP contribution in [0.5, 0.6) is 0 Å². The molecule has 28 heavy (non-hydrogen) atoms. The van der Waals surface area contributed by atoms with Crippen molar-refractivity contribution in [3.63, 3.8) is 0 Å². The van der Waals surface area contributed by atoms with Crippen molar-refractivity contribution in [2.75, 3.05) is 10.6 Å². The third-order valence-electron chi connectivity index (χ3n) is 4.42. The van der Waals surface area contributed by atoms with E-state index in [0.29, 0.717) is 20.5 Å². The second-order valence-electron chi connectivity index (χ2n) is 6.17. The van der Waals surface area contributed by atoms with Crippen LogP contribution in [0.4, 0.5) is 15.8 Å². The number of nitrogens with one attached hydrogen (secondary N) is 2. The molecule has 0 bridgehead atoms. The van der Waals surface area contributed by atoms with Gasteiger partial charge in [0.15, 0.2) is 0 Å². The maximum Gasteiger partial charge on any atom is 0.267 e. The summed E-state index contributed by atoms with van der Waals surface area (Å²) in [5.74, 6) is -0.437. The van der Waals surface area contributed by atoms with Gasteiger partial charge in [-0.1, -0.05) is 36.4 Å². The Morgan fingerprint density at radius 1 is 1.00 bits per heavy atom. The molecule has 1 unspecified atom stereocenters. The number of hydrogen-bond acceptors (Lipinski definition) is 5. The van der Waals surface area contributed by atoms with Crippen molar-refractivity contribution in [1.82, 2.24) is 0 Å². The topological polar surface area (TPSA) is 70.6 Å². The maximum absolute atomic E-state index is 14.1. The SMILES string of the molecule is O=S(=O)(c1ccccc1)C1(Nc2ccccc2)N=CNc2cc(F)c(I)cc21. The van der Waals surface area contributed by atoms with Crippen LogP contribution in [-0.4, -0.2) is 14.8 Å². The van der Waals surface area contributed by atoms with Gasteiger partial charge in [0.25, 0.3) is 4.99 Å². The summed E-state index contributed by atoms with van der Waals surface area (Å²) < 4.78 is 42.0. The van der Waals surface area contributed by atoms with Crippen molar-refractivity contribution in [2.24, 2.45) is 4.99 Å². The lowest BCUT2D eigenvalue weighted by atomic mass is 10.1. The van der Waals surface area contributed by atoms with Crippen LogP contribution in [-0.2, 0) is 14.8 Å². The van der Waals surface area contributed by atoms with Crippen molar-refractivity contribution in [1.29, 1.82) is 0 Å². The van der Waals surface area contributed by atoms with Crippen molar-refractivity contribution >= 4 is 50.1 Å². The van der Waals surface area contributed by atoms with Crippen LogP contribution < -0.4 is 10.6 Å². The zero-order valence-electron chi connectivity index (χ0n) is 14.4. The molecule has 1 heterocycles. The zero-order chi connectivity index (χ0) is 19.8. The first-order valence-corrected chi connectivity index (χ1v) is 10.9. The molecule has 0 saturated heterocycles. The van der Waals surface area contributed by atoms with Crippen LogP contribution in [0.3, 0.4) is 0 Å². The number of para-hydroxylation sites is 1. The molecule has 1 aliphatic heterocycles. The second kappa shape index (κ2) is 7.17. The molecule has 8 heteroatoms. The van der Waals surface area contributed by atoms with E-state index in [-0.39, 0.29) is 4.90 Å². The molecule has 0 radical (unpaired) electrons. The average molecular weight is 507 g/mol. The summed E-state index contributed by atoms with van der Waals surface area (Å²) in [6.45, 7) is 0. The van der Waals surface area contributed by atoms with E-state index < -0.39 is 20.6 Å². The molecule has 3 aromatic carbocycles. The Hall–Kier alpha value is -2.46. The summed E-state index contributed by atoms with van der Waals surface area (Å²) in [4.78, 5) is 2.63. The van der Waals surface area contributed by atoms with Crippen molar-refractivity contribution < 1.29 is 12.8 Å². The third kappa shape index (κ3) is 3.06. The fourth-order valence-electron chi connectivity index (χ4n) is 3.08. The smallest absolute Gasteiger partial charge is 0.267 e. The summed E-state index contributed by atoms with van der Waals surface area (Å²) in [6, 6.07) is 19.8. The number of hydrogen-bond donors (Lipinski definition) is 2. The summed E-state index contributed by atoms with van der Waals surface area (Å²) in [5.41, 5.74) is 1.25. The molecule has 0 aromatic heterocycles. The molecule has 0 spiro atoms. The normalized spacial score (nSPS) is 18.2. The van der Waals surface area contributed by atoms with E-state index in [1.165, 1.54) is 30.6 Å². The molecule has 2 N–H and O–H groups in total. The minimum atomic E-state index is -4.04. The van der Waals surface area contributed by atoms with Gasteiger partial charge in [-0.05, 0) is 59.0 Å². The molecule has 3 aromatic rings. The first kappa shape index (κ1) is 18.9. The Balaban J connectivity index is 2.00. The van der Waals surface area contributed by atoms with Crippen LogP contribution in [0.25, 0.3) is 0 Å². The molecule has 4 rings (SSSR count). The molecular formula is C20H15FIN3O2S. The standard InChI is InChI=1S/C20H15FIN3O2S/c21-17-12-19-16(11-18(17)22)20(24-13-23-19,25-14-7-3-1-4-8-14)28(26,27)15-9-5-2-6-10-15/h1-13,25H,(H,23,24). The predicted molar refractivity (Wildman–Crippen MR) is 117 cm³/mol. The molecule has 0 aliphatic carbocycles. The highest BCUT2D eigenvalue weighted by molar-refractivity contribution is 14.1. The first-order chi connectivity index (χ1) is 13.4. The van der Waals surface area contributed by atoms with E-state index in [1.807, 2.05) is 28.7 Å². The average Bonchev–Trinajstić information content (AvgIpc) is 2.71. The van der Waals surface area contributed by atoms with E-state index in [2.05, 4.69) is 15.6 Å². The minimum absolute atomic E-state index is 0.114. The molecule has 1 atom stereocenters. The number of aliphatic imine (C=N–C) groups is 1. The van der Waals surface area contributed by atoms with Gasteiger partial charge in [-0.15, -0.1) is 0 Å². The van der Waals surface area contributed by atoms with Gasteiger partial charge in [0.1, 0.15) is 5.82 Å². The van der Waals surface area contributed by atoms with Crippen LogP contribution in [0, 0.1) is 9.39 Å². The van der Waals surface area contributed by atoms with Gasteiger partial charge in [0.05, 0.1) is 16.9 Å². The monoisotopic (exact) mass is 507 g/mol. The summed E-state index contributed by atoms with van der Waals surface area (Å²) in [7, 11) is -4.04. The van der Waals surface area contributed by atoms with Gasteiger partial charge < -0.3 is 10.6 Å². The molecule has 5 nitrogen and oxygen atoms in total. The lowest BCUT2D eigenvalue weighted by Crippen LogP contribution is -2.44. The van der Waals surface area contributed by atoms with Crippen LogP contribution in [0.2, 0.25) is 0 Å². The van der Waals surface area contributed by atoms with Crippen LogP contribution in [0.1, 0.15) is 5.56 Å². The largest absolute Gasteiger partial charge is 0.346 e. The number of nitrogens with zero attached hydrogens (tertiary/aromatic N) is 1. The molecule has 0 fully saturated rings. The van der Waals surface area contributed by atoms with E-state index in [9.17, 15) is 12.8 Å². The highest BCUT2D eigenvalue weighted by Gasteiger charge is 2.49. The van der Waals surface area contributed by atoms with E-state index in [4.69, 9.17) is 0 Å². The molecule has 1 aliphatic rings. The van der Waals surface area contributed by atoms with Gasteiger partial charge in [-0.2, -0.15) is 0 Å². The highest BCUT2D eigenvalue weighted by atomic mass is 127. The van der Waals surface area contributed by atoms with Crippen molar-refractivity contribution in [2.45, 2.75) is 9.89 Å². The number of rotatable bonds is 4. The predicted octanol–water partition coefficient (Wildman–Crippen LogP) is 4.58. The van der Waals surface area contributed by atoms with Gasteiger partial charge >= 0.3 is 0 Å². The lowest BCUT2D eigenvalue weighted by Gasteiger charge is -2.35. The second-order valence-corrected chi connectivity index (χ2v) is 9.40. The van der Waals surface area contributed by atoms with E-state index in [0.717, 1.165) is 0 Å². The Morgan fingerprint density at radius 2 is 1.64 bits per heavy atom. The molecule has 0 amide bonds. The number of anilines is 2. The van der Waals surface area contributed by atoms with Crippen LogP contribution in [0.15, 0.2) is 82.7 Å². The third-order valence-corrected chi connectivity index (χ3v) is 7.35. The number of sulfone groups is 1. The minimum Gasteiger partial charge on any atom is -0.346 e. The molecule has 142 valence electrons. The Morgan fingerprint density at radius 3 is 2.32 bits per heavy atom. The Bertz CT molecular complexity index is 1150. The molecule has 0 saturated carbocycles. The fourth-order valence-corrected chi connectivity index (χ4v) is 5.30. The summed E-state index contributed by atoms with van der Waals surface area (Å²) >= 11 is 1.84. The van der Waals surface area contributed by atoms with Gasteiger partial charge in [0.2, 0.25) is 9.84 Å². The van der Waals surface area contributed by atoms with Gasteiger partial charge in [0, 0.05) is 14.8 Å². The Kier molecular flexibility index (Phi) is 4.84. The number of benzene rings is 3. The van der Waals surface area contributed by atoms with E-state index in [1.54, 1.807) is 42.5 Å². The van der Waals surface area contributed by atoms with E-state index >= 15 is 0 Å². The summed E-state index contributed by atoms with van der Waals surface area (Å²) in [5, 5.41) is 5.94. The van der Waals surface area contributed by atoms with Crippen molar-refractivity contribution in [3.8, 4) is 0 Å². The number of halogens is 2. The lowest BCUT2D eigenvalue weighted by molar-refractivity contribution is 0.550. The zero-order valence-corrected chi connectivity index (χ0v) is 17.4. The van der Waals surface area contributed by atoms with Crippen LogP contribution >= 0.6 is 22.6 Å². The highest BCUT2D eigenvalue weighted by Crippen LogP contribution is 2.43. The van der Waals surface area contributed by atoms with Gasteiger partial charge in [-0.3, -0.25) is 0 Å². The first-order valence-electron chi connectivity index (χ1n) is 8.37. The quantitative estimate of drug-likeness (QED) is 0.508. The fraction of sp³-hybridized carbons (Fsp3) is 0.0500. The Labute approximate surface area is 175 Å².